The van der Waals surface area contributed by atoms with Crippen LogP contribution in [0.3, 0.4) is 0 Å². The summed E-state index contributed by atoms with van der Waals surface area (Å²) in [5.74, 6) is -0.856. The Labute approximate surface area is 462 Å². The fraction of sp³-hybridized carbons (Fsp3) is 0.754. The van der Waals surface area contributed by atoms with Crippen LogP contribution in [0.1, 0.15) is 284 Å². The Balaban J connectivity index is 3.73. The lowest BCUT2D eigenvalue weighted by Gasteiger charge is -2.19. The summed E-state index contributed by atoms with van der Waals surface area (Å²) in [4.78, 5) is 35.1. The summed E-state index contributed by atoms with van der Waals surface area (Å²) in [6, 6.07) is 0. The first-order valence-corrected chi connectivity index (χ1v) is 32.6. The molecular weight excluding hydrogens is 954 g/mol. The Bertz CT molecular complexity index is 1500. The minimum atomic E-state index is -4.39. The molecule has 2 atom stereocenters. The highest BCUT2D eigenvalue weighted by molar-refractivity contribution is 7.47. The fourth-order valence-corrected chi connectivity index (χ4v) is 9.53. The summed E-state index contributed by atoms with van der Waals surface area (Å²) in [5, 5.41) is 0. The van der Waals surface area contributed by atoms with Crippen LogP contribution < -0.4 is 5.73 Å². The standard InChI is InChI=1S/C65H116NO8P/c1-3-5-7-9-11-13-15-17-18-19-20-21-22-23-24-25-26-27-28-29-30-31-32-33-34-35-36-37-38-39-40-41-42-43-44-46-48-50-52-54-56-58-65(68)74-63(62-73-75(69,70)72-60-59-66)61-71-64(67)57-55-53-51-49-47-45-16-14-12-10-8-6-4-2/h5-8,11-14,17-18,20-21,45,47,63H,3-4,9-10,15-16,19,22-44,46,48-62,66H2,1-2H3,(H,69,70)/b7-5-,8-6-,13-11-,14-12-,18-17-,21-20-,47-45-. The van der Waals surface area contributed by atoms with Gasteiger partial charge >= 0.3 is 19.8 Å². The predicted molar refractivity (Wildman–Crippen MR) is 321 cm³/mol. The van der Waals surface area contributed by atoms with E-state index in [1.807, 2.05) is 0 Å². The van der Waals surface area contributed by atoms with Gasteiger partial charge in [0.15, 0.2) is 6.10 Å². The molecular formula is C65H116NO8P. The van der Waals surface area contributed by atoms with E-state index in [-0.39, 0.29) is 32.6 Å². The van der Waals surface area contributed by atoms with E-state index >= 15 is 0 Å². The monoisotopic (exact) mass is 1070 g/mol. The van der Waals surface area contributed by atoms with Crippen LogP contribution in [0.2, 0.25) is 0 Å². The van der Waals surface area contributed by atoms with E-state index in [9.17, 15) is 19.0 Å². The minimum absolute atomic E-state index is 0.0482. The summed E-state index contributed by atoms with van der Waals surface area (Å²) in [5.41, 5.74) is 5.37. The number of ether oxygens (including phenoxy) is 2. The van der Waals surface area contributed by atoms with E-state index < -0.39 is 32.5 Å². The van der Waals surface area contributed by atoms with E-state index in [2.05, 4.69) is 98.9 Å². The maximum absolute atomic E-state index is 12.7. The molecule has 0 aromatic rings. The lowest BCUT2D eigenvalue weighted by atomic mass is 10.0. The van der Waals surface area contributed by atoms with Gasteiger partial charge in [-0.05, 0) is 83.5 Å². The van der Waals surface area contributed by atoms with Crippen molar-refractivity contribution >= 4 is 19.8 Å². The highest BCUT2D eigenvalue weighted by Gasteiger charge is 2.26. The summed E-state index contributed by atoms with van der Waals surface area (Å²) in [6.07, 6.45) is 79.8. The molecule has 0 aliphatic carbocycles. The van der Waals surface area contributed by atoms with Crippen LogP contribution in [0.25, 0.3) is 0 Å². The predicted octanol–water partition coefficient (Wildman–Crippen LogP) is 19.9. The van der Waals surface area contributed by atoms with Crippen molar-refractivity contribution in [1.29, 1.82) is 0 Å². The Hall–Kier alpha value is -2.81. The fourth-order valence-electron chi connectivity index (χ4n) is 8.76. The van der Waals surface area contributed by atoms with E-state index in [4.69, 9.17) is 24.3 Å². The van der Waals surface area contributed by atoms with Crippen molar-refractivity contribution in [2.75, 3.05) is 26.4 Å². The lowest BCUT2D eigenvalue weighted by Crippen LogP contribution is -2.29. The second kappa shape index (κ2) is 60.4. The molecule has 9 nitrogen and oxygen atoms in total. The zero-order valence-corrected chi connectivity index (χ0v) is 49.4. The van der Waals surface area contributed by atoms with Crippen molar-refractivity contribution in [3.8, 4) is 0 Å². The van der Waals surface area contributed by atoms with Gasteiger partial charge in [-0.3, -0.25) is 18.6 Å². The third kappa shape index (κ3) is 60.3. The quantitative estimate of drug-likeness (QED) is 0.0264. The van der Waals surface area contributed by atoms with E-state index in [1.165, 1.54) is 161 Å². The number of carbonyl (C=O) groups is 2. The van der Waals surface area contributed by atoms with E-state index in [0.29, 0.717) is 12.8 Å². The number of phosphoric acid groups is 1. The van der Waals surface area contributed by atoms with Crippen LogP contribution in [-0.2, 0) is 32.7 Å². The molecule has 0 saturated heterocycles. The summed E-state index contributed by atoms with van der Waals surface area (Å²) < 4.78 is 32.9. The molecule has 3 N–H and O–H groups in total. The van der Waals surface area contributed by atoms with Crippen molar-refractivity contribution in [2.24, 2.45) is 5.73 Å². The number of esters is 2. The van der Waals surface area contributed by atoms with Crippen molar-refractivity contribution in [2.45, 2.75) is 290 Å². The summed E-state index contributed by atoms with van der Waals surface area (Å²) in [6.45, 7) is 3.50. The number of phosphoric ester groups is 1. The van der Waals surface area contributed by atoms with Gasteiger partial charge in [-0.15, -0.1) is 0 Å². The molecule has 0 aromatic carbocycles. The SMILES string of the molecule is CC/C=C\C/C=C\C/C=C\C/C=C\CCCCCCCCCCCCCCCCCCCCCCCCCCCCCCC(=O)OC(COC(=O)CCCCC/C=C\C/C=C\C/C=C\CC)COP(=O)(O)OCCN. The highest BCUT2D eigenvalue weighted by Crippen LogP contribution is 2.43. The second-order valence-electron chi connectivity index (χ2n) is 20.5. The Morgan fingerprint density at radius 1 is 0.400 bits per heavy atom. The number of hydrogen-bond donors (Lipinski definition) is 2. The van der Waals surface area contributed by atoms with Gasteiger partial charge in [-0.25, -0.2) is 4.57 Å². The molecule has 0 radical (unpaired) electrons. The minimum Gasteiger partial charge on any atom is -0.462 e. The number of hydrogen-bond acceptors (Lipinski definition) is 8. The smallest absolute Gasteiger partial charge is 0.462 e. The van der Waals surface area contributed by atoms with Gasteiger partial charge in [0, 0.05) is 19.4 Å². The first-order valence-electron chi connectivity index (χ1n) is 31.1. The third-order valence-corrected chi connectivity index (χ3v) is 14.3. The average Bonchev–Trinajstić information content (AvgIpc) is 3.40. The molecule has 2 unspecified atom stereocenters. The first kappa shape index (κ1) is 72.2. The van der Waals surface area contributed by atoms with Crippen molar-refractivity contribution in [3.63, 3.8) is 0 Å². The zero-order valence-electron chi connectivity index (χ0n) is 48.5. The number of unbranched alkanes of at least 4 members (excludes halogenated alkanes) is 31. The normalized spacial score (nSPS) is 13.6. The van der Waals surface area contributed by atoms with Gasteiger partial charge in [-0.2, -0.15) is 0 Å². The number of carbonyl (C=O) groups excluding carboxylic acids is 2. The maximum Gasteiger partial charge on any atom is 0.472 e. The summed E-state index contributed by atoms with van der Waals surface area (Å²) >= 11 is 0. The maximum atomic E-state index is 12.7. The van der Waals surface area contributed by atoms with Crippen LogP contribution in [-0.4, -0.2) is 49.3 Å². The zero-order chi connectivity index (χ0) is 54.5. The van der Waals surface area contributed by atoms with Gasteiger partial charge in [-0.1, -0.05) is 272 Å². The first-order chi connectivity index (χ1) is 36.8. The Morgan fingerprint density at radius 3 is 1.04 bits per heavy atom. The van der Waals surface area contributed by atoms with Crippen LogP contribution >= 0.6 is 7.82 Å². The highest BCUT2D eigenvalue weighted by atomic mass is 31.2. The molecule has 0 saturated carbocycles. The van der Waals surface area contributed by atoms with Crippen LogP contribution in [0.5, 0.6) is 0 Å². The van der Waals surface area contributed by atoms with Crippen LogP contribution in [0.15, 0.2) is 85.1 Å². The molecule has 0 aliphatic rings. The van der Waals surface area contributed by atoms with E-state index in [0.717, 1.165) is 83.5 Å². The molecule has 0 aliphatic heterocycles. The second-order valence-corrected chi connectivity index (χ2v) is 22.0. The largest absolute Gasteiger partial charge is 0.472 e. The Morgan fingerprint density at radius 2 is 0.693 bits per heavy atom. The van der Waals surface area contributed by atoms with Gasteiger partial charge in [0.2, 0.25) is 0 Å². The van der Waals surface area contributed by atoms with Crippen molar-refractivity contribution < 1.29 is 37.6 Å². The molecule has 0 fully saturated rings. The molecule has 10 heteroatoms. The average molecular weight is 1070 g/mol. The van der Waals surface area contributed by atoms with Crippen LogP contribution in [0, 0.1) is 0 Å². The van der Waals surface area contributed by atoms with Crippen LogP contribution in [0.4, 0.5) is 0 Å². The molecule has 0 bridgehead atoms. The molecule has 0 amide bonds. The molecule has 0 aromatic heterocycles. The van der Waals surface area contributed by atoms with E-state index in [1.54, 1.807) is 0 Å². The van der Waals surface area contributed by atoms with Gasteiger partial charge in [0.05, 0.1) is 13.2 Å². The Kier molecular flexibility index (Phi) is 58.2. The molecule has 434 valence electrons. The topological polar surface area (TPSA) is 134 Å². The molecule has 0 rings (SSSR count). The van der Waals surface area contributed by atoms with Gasteiger partial charge < -0.3 is 20.1 Å². The lowest BCUT2D eigenvalue weighted by molar-refractivity contribution is -0.161. The third-order valence-electron chi connectivity index (χ3n) is 13.3. The van der Waals surface area contributed by atoms with Crippen molar-refractivity contribution in [3.05, 3.63) is 85.1 Å². The van der Waals surface area contributed by atoms with Gasteiger partial charge in [0.25, 0.3) is 0 Å². The number of rotatable bonds is 58. The molecule has 0 spiro atoms. The van der Waals surface area contributed by atoms with Gasteiger partial charge in [0.1, 0.15) is 6.61 Å². The summed E-state index contributed by atoms with van der Waals surface area (Å²) in [7, 11) is -4.39. The number of nitrogens with two attached hydrogens (primary N) is 1. The molecule has 0 heterocycles. The van der Waals surface area contributed by atoms with Crippen molar-refractivity contribution in [1.82, 2.24) is 0 Å². The molecule has 75 heavy (non-hydrogen) atoms. The number of allylic oxidation sites excluding steroid dienone is 14.